The van der Waals surface area contributed by atoms with Gasteiger partial charge in [0.15, 0.2) is 0 Å². The molecule has 116 valence electrons. The van der Waals surface area contributed by atoms with Crippen molar-refractivity contribution in [2.24, 2.45) is 0 Å². The number of amides is 1. The predicted octanol–water partition coefficient (Wildman–Crippen LogP) is 1.08. The summed E-state index contributed by atoms with van der Waals surface area (Å²) in [6.07, 6.45) is 2.37. The minimum Gasteiger partial charge on any atom is -0.398 e. The highest BCUT2D eigenvalue weighted by molar-refractivity contribution is 7.88. The molecule has 21 heavy (non-hydrogen) atoms. The van der Waals surface area contributed by atoms with Crippen LogP contribution in [0.2, 0.25) is 5.02 Å². The molecule has 1 aliphatic rings. The van der Waals surface area contributed by atoms with Crippen LogP contribution >= 0.6 is 11.6 Å². The second-order valence-electron chi connectivity index (χ2n) is 5.14. The molecule has 2 rings (SSSR count). The molecule has 0 atom stereocenters. The van der Waals surface area contributed by atoms with Gasteiger partial charge >= 0.3 is 0 Å². The molecular formula is C13H18ClN3O3S. The first-order chi connectivity index (χ1) is 9.77. The molecule has 0 saturated carbocycles. The Morgan fingerprint density at radius 1 is 1.38 bits per heavy atom. The van der Waals surface area contributed by atoms with Crippen LogP contribution in [-0.4, -0.2) is 44.0 Å². The third-order valence-corrected chi connectivity index (χ3v) is 5.05. The standard InChI is InChI=1S/C13H18ClN3O3S/c1-21(19,20)17-6-4-10(5-7-17)16-13(18)11-3-2-9(14)8-12(11)15/h2-3,8,10H,4-7,15H2,1H3,(H,16,18). The Bertz CT molecular complexity index is 640. The first-order valence-corrected chi connectivity index (χ1v) is 8.81. The van der Waals surface area contributed by atoms with Crippen LogP contribution in [0.15, 0.2) is 18.2 Å². The van der Waals surface area contributed by atoms with Crippen molar-refractivity contribution < 1.29 is 13.2 Å². The van der Waals surface area contributed by atoms with Gasteiger partial charge < -0.3 is 11.1 Å². The number of anilines is 1. The van der Waals surface area contributed by atoms with Gasteiger partial charge in [-0.25, -0.2) is 12.7 Å². The highest BCUT2D eigenvalue weighted by Gasteiger charge is 2.26. The monoisotopic (exact) mass is 331 g/mol. The molecule has 0 spiro atoms. The van der Waals surface area contributed by atoms with Crippen LogP contribution in [0.4, 0.5) is 5.69 Å². The molecule has 0 bridgehead atoms. The molecule has 0 aliphatic carbocycles. The SMILES string of the molecule is CS(=O)(=O)N1CCC(NC(=O)c2ccc(Cl)cc2N)CC1. The largest absolute Gasteiger partial charge is 0.398 e. The lowest BCUT2D eigenvalue weighted by Gasteiger charge is -2.30. The minimum atomic E-state index is -3.16. The number of nitrogens with zero attached hydrogens (tertiary/aromatic N) is 1. The van der Waals surface area contributed by atoms with Crippen LogP contribution in [0.3, 0.4) is 0 Å². The van der Waals surface area contributed by atoms with Gasteiger partial charge in [0.25, 0.3) is 5.91 Å². The number of benzene rings is 1. The number of halogens is 1. The fourth-order valence-electron chi connectivity index (χ4n) is 2.34. The van der Waals surface area contributed by atoms with E-state index in [2.05, 4.69) is 5.32 Å². The zero-order valence-electron chi connectivity index (χ0n) is 11.7. The summed E-state index contributed by atoms with van der Waals surface area (Å²) in [6, 6.07) is 4.67. The van der Waals surface area contributed by atoms with E-state index in [0.717, 1.165) is 0 Å². The van der Waals surface area contributed by atoms with Crippen LogP contribution < -0.4 is 11.1 Å². The zero-order chi connectivity index (χ0) is 15.6. The van der Waals surface area contributed by atoms with Crippen molar-refractivity contribution in [2.75, 3.05) is 25.1 Å². The molecule has 1 aliphatic heterocycles. The predicted molar refractivity (Wildman–Crippen MR) is 82.8 cm³/mol. The molecule has 0 aromatic heterocycles. The summed E-state index contributed by atoms with van der Waals surface area (Å²) in [4.78, 5) is 12.2. The highest BCUT2D eigenvalue weighted by Crippen LogP contribution is 2.19. The van der Waals surface area contributed by atoms with Gasteiger partial charge in [0.1, 0.15) is 0 Å². The quantitative estimate of drug-likeness (QED) is 0.810. The maximum atomic E-state index is 12.2. The summed E-state index contributed by atoms with van der Waals surface area (Å²) in [5.74, 6) is -0.262. The number of nitrogens with one attached hydrogen (secondary N) is 1. The van der Waals surface area contributed by atoms with Crippen LogP contribution in [0, 0.1) is 0 Å². The van der Waals surface area contributed by atoms with E-state index in [1.807, 2.05) is 0 Å². The van der Waals surface area contributed by atoms with E-state index in [-0.39, 0.29) is 11.9 Å². The second-order valence-corrected chi connectivity index (χ2v) is 7.56. The number of rotatable bonds is 3. The van der Waals surface area contributed by atoms with Gasteiger partial charge in [0.2, 0.25) is 10.0 Å². The van der Waals surface area contributed by atoms with Gasteiger partial charge in [-0.2, -0.15) is 0 Å². The number of hydrogen-bond donors (Lipinski definition) is 2. The van der Waals surface area contributed by atoms with E-state index in [1.165, 1.54) is 16.6 Å². The third-order valence-electron chi connectivity index (χ3n) is 3.52. The maximum Gasteiger partial charge on any atom is 0.253 e. The van der Waals surface area contributed by atoms with Crippen molar-refractivity contribution in [3.63, 3.8) is 0 Å². The summed E-state index contributed by atoms with van der Waals surface area (Å²) >= 11 is 5.80. The van der Waals surface area contributed by atoms with E-state index in [9.17, 15) is 13.2 Å². The van der Waals surface area contributed by atoms with Crippen LogP contribution in [0.25, 0.3) is 0 Å². The van der Waals surface area contributed by atoms with Gasteiger partial charge in [-0.3, -0.25) is 4.79 Å². The Labute approximate surface area is 129 Å². The van der Waals surface area contributed by atoms with E-state index < -0.39 is 10.0 Å². The Morgan fingerprint density at radius 3 is 2.52 bits per heavy atom. The second kappa shape index (κ2) is 6.21. The van der Waals surface area contributed by atoms with Crippen molar-refractivity contribution in [2.45, 2.75) is 18.9 Å². The summed E-state index contributed by atoms with van der Waals surface area (Å²) in [7, 11) is -3.16. The summed E-state index contributed by atoms with van der Waals surface area (Å²) in [5, 5.41) is 3.36. The Hall–Kier alpha value is -1.31. The van der Waals surface area contributed by atoms with Crippen molar-refractivity contribution in [3.05, 3.63) is 28.8 Å². The van der Waals surface area contributed by atoms with Gasteiger partial charge in [0.05, 0.1) is 11.8 Å². The maximum absolute atomic E-state index is 12.2. The van der Waals surface area contributed by atoms with Crippen molar-refractivity contribution in [3.8, 4) is 0 Å². The Balaban J connectivity index is 1.96. The topological polar surface area (TPSA) is 92.5 Å². The highest BCUT2D eigenvalue weighted by atomic mass is 35.5. The first-order valence-electron chi connectivity index (χ1n) is 6.58. The number of nitrogens with two attached hydrogens (primary N) is 1. The normalized spacial score (nSPS) is 17.6. The van der Waals surface area contributed by atoms with E-state index >= 15 is 0 Å². The molecular weight excluding hydrogens is 314 g/mol. The van der Waals surface area contributed by atoms with Gasteiger partial charge in [-0.1, -0.05) is 11.6 Å². The van der Waals surface area contributed by atoms with Gasteiger partial charge in [0, 0.05) is 29.8 Å². The lowest BCUT2D eigenvalue weighted by Crippen LogP contribution is -2.46. The summed E-state index contributed by atoms with van der Waals surface area (Å²) < 4.78 is 24.3. The minimum absolute atomic E-state index is 0.0504. The molecule has 0 radical (unpaired) electrons. The molecule has 6 nitrogen and oxygen atoms in total. The fraction of sp³-hybridized carbons (Fsp3) is 0.462. The number of piperidine rings is 1. The molecule has 1 amide bonds. The molecule has 0 unspecified atom stereocenters. The first kappa shape index (κ1) is 16.1. The summed E-state index contributed by atoms with van der Waals surface area (Å²) in [6.45, 7) is 0.833. The number of hydrogen-bond acceptors (Lipinski definition) is 4. The zero-order valence-corrected chi connectivity index (χ0v) is 13.2. The molecule has 1 aromatic carbocycles. The Morgan fingerprint density at radius 2 is 2.00 bits per heavy atom. The van der Waals surface area contributed by atoms with Crippen LogP contribution in [0.5, 0.6) is 0 Å². The van der Waals surface area contributed by atoms with Gasteiger partial charge in [-0.05, 0) is 31.0 Å². The average molecular weight is 332 g/mol. The molecule has 1 aromatic rings. The molecule has 3 N–H and O–H groups in total. The molecule has 1 fully saturated rings. The lowest BCUT2D eigenvalue weighted by molar-refractivity contribution is 0.0925. The molecule has 1 heterocycles. The van der Waals surface area contributed by atoms with Crippen molar-refractivity contribution in [1.82, 2.24) is 9.62 Å². The van der Waals surface area contributed by atoms with E-state index in [1.54, 1.807) is 12.1 Å². The average Bonchev–Trinajstić information content (AvgIpc) is 2.38. The smallest absolute Gasteiger partial charge is 0.253 e. The number of carbonyl (C=O) groups is 1. The summed E-state index contributed by atoms with van der Waals surface area (Å²) in [5.41, 5.74) is 6.48. The fourth-order valence-corrected chi connectivity index (χ4v) is 3.39. The molecule has 8 heteroatoms. The van der Waals surface area contributed by atoms with Crippen LogP contribution in [-0.2, 0) is 10.0 Å². The number of carbonyl (C=O) groups excluding carboxylic acids is 1. The third kappa shape index (κ3) is 4.09. The van der Waals surface area contributed by atoms with Gasteiger partial charge in [-0.15, -0.1) is 0 Å². The lowest BCUT2D eigenvalue weighted by atomic mass is 10.1. The van der Waals surface area contributed by atoms with E-state index in [0.29, 0.717) is 42.2 Å². The van der Waals surface area contributed by atoms with Crippen molar-refractivity contribution in [1.29, 1.82) is 0 Å². The Kier molecular flexibility index (Phi) is 4.75. The number of sulfonamides is 1. The van der Waals surface area contributed by atoms with Crippen LogP contribution in [0.1, 0.15) is 23.2 Å². The number of nitrogen functional groups attached to an aromatic ring is 1. The van der Waals surface area contributed by atoms with Crippen molar-refractivity contribution >= 4 is 33.2 Å². The van der Waals surface area contributed by atoms with E-state index in [4.69, 9.17) is 17.3 Å². The molecule has 1 saturated heterocycles.